The van der Waals surface area contributed by atoms with Crippen LogP contribution in [-0.2, 0) is 11.3 Å². The van der Waals surface area contributed by atoms with Crippen molar-refractivity contribution in [3.8, 4) is 5.75 Å². The second-order valence-corrected chi connectivity index (χ2v) is 9.10. The predicted molar refractivity (Wildman–Crippen MR) is 113 cm³/mol. The maximum Gasteiger partial charge on any atom is 0.234 e. The van der Waals surface area contributed by atoms with Gasteiger partial charge in [-0.3, -0.25) is 4.79 Å². The highest BCUT2D eigenvalue weighted by molar-refractivity contribution is 8.00. The molecule has 2 aromatic carbocycles. The van der Waals surface area contributed by atoms with Crippen LogP contribution >= 0.6 is 11.8 Å². The molecule has 0 aromatic heterocycles. The van der Waals surface area contributed by atoms with E-state index in [2.05, 4.69) is 41.3 Å². The number of anilines is 1. The first kappa shape index (κ1) is 19.6. The highest BCUT2D eigenvalue weighted by Crippen LogP contribution is 2.40. The predicted octanol–water partition coefficient (Wildman–Crippen LogP) is 4.70. The van der Waals surface area contributed by atoms with Crippen molar-refractivity contribution in [2.24, 2.45) is 0 Å². The number of rotatable bonds is 5. The first-order chi connectivity index (χ1) is 12.7. The van der Waals surface area contributed by atoms with Crippen molar-refractivity contribution in [1.29, 1.82) is 0 Å². The molecule has 1 unspecified atom stereocenters. The molecule has 1 amide bonds. The van der Waals surface area contributed by atoms with Crippen LogP contribution in [-0.4, -0.2) is 36.3 Å². The molecule has 27 heavy (non-hydrogen) atoms. The molecule has 2 aromatic rings. The second-order valence-electron chi connectivity index (χ2n) is 8.03. The van der Waals surface area contributed by atoms with Gasteiger partial charge in [-0.2, -0.15) is 0 Å². The monoisotopic (exact) mass is 384 g/mol. The van der Waals surface area contributed by atoms with E-state index in [-0.39, 0.29) is 16.9 Å². The molecule has 4 nitrogen and oxygen atoms in total. The van der Waals surface area contributed by atoms with Crippen LogP contribution in [0.5, 0.6) is 5.75 Å². The number of benzene rings is 2. The van der Waals surface area contributed by atoms with E-state index in [4.69, 9.17) is 4.74 Å². The van der Waals surface area contributed by atoms with Crippen LogP contribution in [0.4, 0.5) is 5.69 Å². The summed E-state index contributed by atoms with van der Waals surface area (Å²) in [6.07, 6.45) is 0. The number of hydrogen-bond donors (Lipinski definition) is 0. The van der Waals surface area contributed by atoms with E-state index >= 15 is 0 Å². The van der Waals surface area contributed by atoms with Crippen molar-refractivity contribution in [1.82, 2.24) is 4.90 Å². The lowest BCUT2D eigenvalue weighted by Crippen LogP contribution is -2.27. The minimum absolute atomic E-state index is 0.0507. The highest BCUT2D eigenvalue weighted by atomic mass is 32.2. The summed E-state index contributed by atoms with van der Waals surface area (Å²) in [5, 5.41) is 0.0507. The molecule has 1 heterocycles. The summed E-state index contributed by atoms with van der Waals surface area (Å²) in [5.74, 6) is 1.57. The lowest BCUT2D eigenvalue weighted by Gasteiger charge is -2.25. The lowest BCUT2D eigenvalue weighted by molar-refractivity contribution is -0.128. The number of ether oxygens (including phenoxy) is 1. The number of hydrogen-bond acceptors (Lipinski definition) is 4. The molecular formula is C22H28N2O2S. The lowest BCUT2D eigenvalue weighted by atomic mass is 10.1. The Morgan fingerprint density at radius 1 is 1.07 bits per heavy atom. The summed E-state index contributed by atoms with van der Waals surface area (Å²) in [6, 6.07) is 16.5. The third kappa shape index (κ3) is 4.98. The third-order valence-corrected chi connectivity index (χ3v) is 5.62. The van der Waals surface area contributed by atoms with Crippen LogP contribution in [0.2, 0.25) is 0 Å². The van der Waals surface area contributed by atoms with Crippen LogP contribution in [0, 0.1) is 0 Å². The van der Waals surface area contributed by atoms with E-state index in [9.17, 15) is 4.79 Å². The molecule has 0 bridgehead atoms. The largest absolute Gasteiger partial charge is 0.488 e. The first-order valence-corrected chi connectivity index (χ1v) is 10.2. The molecule has 0 aliphatic carbocycles. The summed E-state index contributed by atoms with van der Waals surface area (Å²) < 4.78 is 5.90. The van der Waals surface area contributed by atoms with Gasteiger partial charge in [-0.25, -0.2) is 0 Å². The topological polar surface area (TPSA) is 32.8 Å². The number of thioether (sulfide) groups is 1. The summed E-state index contributed by atoms with van der Waals surface area (Å²) in [6.45, 7) is 6.74. The Balaban J connectivity index is 1.74. The van der Waals surface area contributed by atoms with Crippen LogP contribution < -0.4 is 9.64 Å². The van der Waals surface area contributed by atoms with Crippen LogP contribution in [0.3, 0.4) is 0 Å². The van der Waals surface area contributed by atoms with Crippen LogP contribution in [0.15, 0.2) is 48.5 Å². The van der Waals surface area contributed by atoms with Gasteiger partial charge >= 0.3 is 0 Å². The summed E-state index contributed by atoms with van der Waals surface area (Å²) >= 11 is 1.69. The fourth-order valence-electron chi connectivity index (χ4n) is 3.05. The number of carbonyl (C=O) groups excluding carboxylic acids is 1. The van der Waals surface area contributed by atoms with E-state index < -0.39 is 0 Å². The van der Waals surface area contributed by atoms with Gasteiger partial charge in [0.25, 0.3) is 0 Å². The molecule has 0 radical (unpaired) electrons. The smallest absolute Gasteiger partial charge is 0.234 e. The molecular weight excluding hydrogens is 356 g/mol. The van der Waals surface area contributed by atoms with Crippen molar-refractivity contribution in [3.05, 3.63) is 59.7 Å². The van der Waals surface area contributed by atoms with Gasteiger partial charge in [0.2, 0.25) is 5.91 Å². The minimum atomic E-state index is -0.218. The SMILES string of the molecule is CN(C)c1ccc(CN2C(=O)CSC2c2ccc(OC(C)(C)C)cc2)cc1. The van der Waals surface area contributed by atoms with Gasteiger partial charge in [0.1, 0.15) is 16.7 Å². The summed E-state index contributed by atoms with van der Waals surface area (Å²) in [7, 11) is 4.05. The van der Waals surface area contributed by atoms with E-state index in [1.165, 1.54) is 0 Å². The van der Waals surface area contributed by atoms with Crippen LogP contribution in [0.1, 0.15) is 37.3 Å². The minimum Gasteiger partial charge on any atom is -0.488 e. The molecule has 1 saturated heterocycles. The Bertz CT molecular complexity index is 779. The molecule has 5 heteroatoms. The van der Waals surface area contributed by atoms with Gasteiger partial charge in [-0.15, -0.1) is 11.8 Å². The van der Waals surface area contributed by atoms with E-state index in [0.717, 1.165) is 22.6 Å². The van der Waals surface area contributed by atoms with Crippen molar-refractivity contribution >= 4 is 23.4 Å². The Hall–Kier alpha value is -2.14. The van der Waals surface area contributed by atoms with E-state index in [1.54, 1.807) is 11.8 Å². The molecule has 1 fully saturated rings. The molecule has 0 N–H and O–H groups in total. The average molecular weight is 385 g/mol. The van der Waals surface area contributed by atoms with Gasteiger partial charge in [-0.05, 0) is 56.2 Å². The quantitative estimate of drug-likeness (QED) is 0.748. The Labute approximate surface area is 166 Å². The molecule has 1 atom stereocenters. The highest BCUT2D eigenvalue weighted by Gasteiger charge is 2.32. The molecule has 1 aliphatic rings. The molecule has 0 saturated carbocycles. The standard InChI is InChI=1S/C22H28N2O2S/c1-22(2,3)26-19-12-8-17(9-13-19)21-24(20(25)15-27-21)14-16-6-10-18(11-7-16)23(4)5/h6-13,21H,14-15H2,1-5H3. The van der Waals surface area contributed by atoms with E-state index in [0.29, 0.717) is 12.3 Å². The third-order valence-electron chi connectivity index (χ3n) is 4.36. The van der Waals surface area contributed by atoms with Crippen molar-refractivity contribution in [2.75, 3.05) is 24.7 Å². The van der Waals surface area contributed by atoms with Crippen molar-refractivity contribution < 1.29 is 9.53 Å². The van der Waals surface area contributed by atoms with Gasteiger partial charge in [0.05, 0.1) is 5.75 Å². The van der Waals surface area contributed by atoms with Crippen molar-refractivity contribution in [3.63, 3.8) is 0 Å². The second kappa shape index (κ2) is 7.85. The Morgan fingerprint density at radius 2 is 1.70 bits per heavy atom. The van der Waals surface area contributed by atoms with Crippen molar-refractivity contribution in [2.45, 2.75) is 38.3 Å². The maximum atomic E-state index is 12.5. The molecule has 144 valence electrons. The van der Waals surface area contributed by atoms with Gasteiger partial charge in [-0.1, -0.05) is 24.3 Å². The number of amides is 1. The zero-order valence-electron chi connectivity index (χ0n) is 16.7. The zero-order valence-corrected chi connectivity index (χ0v) is 17.5. The molecule has 3 rings (SSSR count). The molecule has 0 spiro atoms. The van der Waals surface area contributed by atoms with Gasteiger partial charge in [0.15, 0.2) is 0 Å². The zero-order chi connectivity index (χ0) is 19.6. The normalized spacial score (nSPS) is 17.3. The fourth-order valence-corrected chi connectivity index (χ4v) is 4.24. The summed E-state index contributed by atoms with van der Waals surface area (Å²) in [4.78, 5) is 16.5. The Kier molecular flexibility index (Phi) is 5.70. The van der Waals surface area contributed by atoms with Gasteiger partial charge in [0, 0.05) is 26.3 Å². The Morgan fingerprint density at radius 3 is 2.26 bits per heavy atom. The summed E-state index contributed by atoms with van der Waals surface area (Å²) in [5.41, 5.74) is 3.22. The average Bonchev–Trinajstić information content (AvgIpc) is 2.95. The number of nitrogens with zero attached hydrogens (tertiary/aromatic N) is 2. The molecule has 1 aliphatic heterocycles. The fraction of sp³-hybridized carbons (Fsp3) is 0.409. The number of carbonyl (C=O) groups is 1. The van der Waals surface area contributed by atoms with E-state index in [1.807, 2.05) is 51.9 Å². The maximum absolute atomic E-state index is 12.5. The first-order valence-electron chi connectivity index (χ1n) is 9.19. The van der Waals surface area contributed by atoms with Gasteiger partial charge < -0.3 is 14.5 Å². The van der Waals surface area contributed by atoms with Crippen LogP contribution in [0.25, 0.3) is 0 Å².